The number of nitro groups is 1. The number of nitrogens with one attached hydrogen (secondary N) is 1. The minimum atomic E-state index is -0.501. The average Bonchev–Trinajstić information content (AvgIpc) is 2.57. The van der Waals surface area contributed by atoms with E-state index >= 15 is 0 Å². The molecular formula is C11H15ClN4O2. The quantitative estimate of drug-likeness (QED) is 0.519. The van der Waals surface area contributed by atoms with Gasteiger partial charge in [0.15, 0.2) is 0 Å². The number of halogens is 1. The molecule has 6 nitrogen and oxygen atoms in total. The predicted octanol–water partition coefficient (Wildman–Crippen LogP) is 3.03. The van der Waals surface area contributed by atoms with Crippen LogP contribution in [0.2, 0.25) is 5.28 Å². The van der Waals surface area contributed by atoms with Crippen LogP contribution >= 0.6 is 11.6 Å². The summed E-state index contributed by atoms with van der Waals surface area (Å²) in [6.07, 6.45) is 4.17. The lowest BCUT2D eigenvalue weighted by molar-refractivity contribution is -0.384. The summed E-state index contributed by atoms with van der Waals surface area (Å²) in [5, 5.41) is 14.0. The molecule has 1 unspecified atom stereocenters. The van der Waals surface area contributed by atoms with Gasteiger partial charge >= 0.3 is 5.69 Å². The lowest BCUT2D eigenvalue weighted by Gasteiger charge is -2.18. The van der Waals surface area contributed by atoms with Gasteiger partial charge in [-0.15, -0.1) is 0 Å². The number of aromatic nitrogens is 2. The summed E-state index contributed by atoms with van der Waals surface area (Å²) in [5.74, 6) is 0.211. The van der Waals surface area contributed by atoms with Crippen molar-refractivity contribution in [2.24, 2.45) is 5.41 Å². The summed E-state index contributed by atoms with van der Waals surface area (Å²) in [6, 6.07) is 0.199. The van der Waals surface area contributed by atoms with Crippen molar-refractivity contribution in [1.82, 2.24) is 9.97 Å². The highest BCUT2D eigenvalue weighted by atomic mass is 35.5. The fraction of sp³-hybridized carbons (Fsp3) is 0.636. The average molecular weight is 271 g/mol. The molecule has 0 bridgehead atoms. The largest absolute Gasteiger partial charge is 0.361 e. The highest BCUT2D eigenvalue weighted by molar-refractivity contribution is 6.28. The fourth-order valence-corrected chi connectivity index (χ4v) is 2.48. The van der Waals surface area contributed by atoms with Crippen molar-refractivity contribution in [2.75, 3.05) is 5.32 Å². The molecule has 2 rings (SSSR count). The predicted molar refractivity (Wildman–Crippen MR) is 68.7 cm³/mol. The van der Waals surface area contributed by atoms with E-state index in [0.717, 1.165) is 25.5 Å². The Morgan fingerprint density at radius 1 is 1.61 bits per heavy atom. The van der Waals surface area contributed by atoms with Crippen LogP contribution in [0.1, 0.15) is 33.1 Å². The van der Waals surface area contributed by atoms with E-state index in [-0.39, 0.29) is 28.2 Å². The van der Waals surface area contributed by atoms with E-state index in [1.54, 1.807) is 0 Å². The van der Waals surface area contributed by atoms with Crippen molar-refractivity contribution in [3.63, 3.8) is 0 Å². The zero-order valence-electron chi connectivity index (χ0n) is 10.3. The van der Waals surface area contributed by atoms with Gasteiger partial charge < -0.3 is 5.32 Å². The Balaban J connectivity index is 2.18. The van der Waals surface area contributed by atoms with E-state index in [2.05, 4.69) is 29.1 Å². The van der Waals surface area contributed by atoms with Crippen LogP contribution in [0.25, 0.3) is 0 Å². The highest BCUT2D eigenvalue weighted by Crippen LogP contribution is 2.38. The minimum Gasteiger partial charge on any atom is -0.361 e. The molecule has 1 aliphatic rings. The van der Waals surface area contributed by atoms with Gasteiger partial charge in [-0.25, -0.2) is 4.98 Å². The molecule has 98 valence electrons. The molecule has 0 aliphatic heterocycles. The second-order valence-electron chi connectivity index (χ2n) is 5.38. The molecule has 1 aromatic rings. The van der Waals surface area contributed by atoms with Crippen LogP contribution in [0.4, 0.5) is 11.5 Å². The Bertz CT molecular complexity index is 478. The normalized spacial score (nSPS) is 21.8. The molecule has 0 radical (unpaired) electrons. The fourth-order valence-electron chi connectivity index (χ4n) is 2.35. The summed E-state index contributed by atoms with van der Waals surface area (Å²) in [7, 11) is 0. The number of anilines is 1. The molecule has 1 aliphatic carbocycles. The Labute approximate surface area is 110 Å². The van der Waals surface area contributed by atoms with Crippen LogP contribution in [0.3, 0.4) is 0 Å². The summed E-state index contributed by atoms with van der Waals surface area (Å²) in [4.78, 5) is 17.9. The maximum Gasteiger partial charge on any atom is 0.329 e. The first-order chi connectivity index (χ1) is 8.37. The van der Waals surface area contributed by atoms with E-state index in [1.807, 2.05) is 0 Å². The lowest BCUT2D eigenvalue weighted by Crippen LogP contribution is -2.19. The Hall–Kier alpha value is -1.43. The SMILES string of the molecule is CC1(C)CCC(Nc2nc(Cl)ncc2[N+](=O)[O-])C1. The molecule has 1 heterocycles. The third-order valence-corrected chi connectivity index (χ3v) is 3.43. The van der Waals surface area contributed by atoms with Gasteiger partial charge in [-0.1, -0.05) is 13.8 Å². The zero-order chi connectivity index (χ0) is 13.3. The molecule has 1 aromatic heterocycles. The van der Waals surface area contributed by atoms with E-state index in [1.165, 1.54) is 0 Å². The second kappa shape index (κ2) is 4.68. The molecule has 0 saturated heterocycles. The van der Waals surface area contributed by atoms with E-state index < -0.39 is 4.92 Å². The topological polar surface area (TPSA) is 81.0 Å². The van der Waals surface area contributed by atoms with Gasteiger partial charge in [-0.05, 0) is 36.3 Å². The van der Waals surface area contributed by atoms with Gasteiger partial charge in [0.25, 0.3) is 0 Å². The van der Waals surface area contributed by atoms with Crippen LogP contribution in [-0.4, -0.2) is 20.9 Å². The number of hydrogen-bond donors (Lipinski definition) is 1. The minimum absolute atomic E-state index is 0.0142. The van der Waals surface area contributed by atoms with Gasteiger partial charge in [0, 0.05) is 6.04 Å². The standard InChI is InChI=1S/C11H15ClN4O2/c1-11(2)4-3-7(5-11)14-9-8(16(17)18)6-13-10(12)15-9/h6-7H,3-5H2,1-2H3,(H,13,14,15). The molecule has 7 heteroatoms. The van der Waals surface area contributed by atoms with Gasteiger partial charge in [0.1, 0.15) is 6.20 Å². The van der Waals surface area contributed by atoms with Crippen LogP contribution in [-0.2, 0) is 0 Å². The first kappa shape index (κ1) is 13.0. The molecule has 0 amide bonds. The maximum absolute atomic E-state index is 10.9. The van der Waals surface area contributed by atoms with Crippen molar-refractivity contribution < 1.29 is 4.92 Å². The van der Waals surface area contributed by atoms with Gasteiger partial charge in [0.2, 0.25) is 11.1 Å². The molecule has 1 N–H and O–H groups in total. The van der Waals surface area contributed by atoms with Crippen molar-refractivity contribution in [2.45, 2.75) is 39.2 Å². The van der Waals surface area contributed by atoms with Crippen molar-refractivity contribution in [1.29, 1.82) is 0 Å². The third kappa shape index (κ3) is 2.87. The van der Waals surface area contributed by atoms with E-state index in [9.17, 15) is 10.1 Å². The highest BCUT2D eigenvalue weighted by Gasteiger charge is 2.32. The summed E-state index contributed by atoms with van der Waals surface area (Å²) in [5.41, 5.74) is 0.132. The molecule has 18 heavy (non-hydrogen) atoms. The lowest BCUT2D eigenvalue weighted by atomic mass is 9.92. The van der Waals surface area contributed by atoms with Crippen molar-refractivity contribution in [3.8, 4) is 0 Å². The van der Waals surface area contributed by atoms with E-state index in [0.29, 0.717) is 0 Å². The maximum atomic E-state index is 10.9. The first-order valence-electron chi connectivity index (χ1n) is 5.81. The molecule has 1 saturated carbocycles. The van der Waals surface area contributed by atoms with E-state index in [4.69, 9.17) is 11.6 Å². The second-order valence-corrected chi connectivity index (χ2v) is 5.72. The van der Waals surface area contributed by atoms with Crippen molar-refractivity contribution in [3.05, 3.63) is 21.6 Å². The molecule has 1 fully saturated rings. The Morgan fingerprint density at radius 2 is 2.33 bits per heavy atom. The van der Waals surface area contributed by atoms with Gasteiger partial charge in [-0.3, -0.25) is 10.1 Å². The Kier molecular flexibility index (Phi) is 3.38. The third-order valence-electron chi connectivity index (χ3n) is 3.25. The van der Waals surface area contributed by atoms with Gasteiger partial charge in [0.05, 0.1) is 4.92 Å². The number of hydrogen-bond acceptors (Lipinski definition) is 5. The van der Waals surface area contributed by atoms with Crippen LogP contribution in [0, 0.1) is 15.5 Å². The summed E-state index contributed by atoms with van der Waals surface area (Å²) < 4.78 is 0. The number of nitrogens with zero attached hydrogens (tertiary/aromatic N) is 3. The summed E-state index contributed by atoms with van der Waals surface area (Å²) >= 11 is 5.68. The monoisotopic (exact) mass is 270 g/mol. The molecule has 0 aromatic carbocycles. The molecular weight excluding hydrogens is 256 g/mol. The van der Waals surface area contributed by atoms with Crippen molar-refractivity contribution >= 4 is 23.1 Å². The molecule has 1 atom stereocenters. The van der Waals surface area contributed by atoms with Crippen LogP contribution in [0.15, 0.2) is 6.20 Å². The first-order valence-corrected chi connectivity index (χ1v) is 6.19. The van der Waals surface area contributed by atoms with Crippen LogP contribution < -0.4 is 5.32 Å². The molecule has 0 spiro atoms. The summed E-state index contributed by atoms with van der Waals surface area (Å²) in [6.45, 7) is 4.38. The van der Waals surface area contributed by atoms with Gasteiger partial charge in [-0.2, -0.15) is 4.98 Å². The Morgan fingerprint density at radius 3 is 2.89 bits per heavy atom. The zero-order valence-corrected chi connectivity index (χ0v) is 11.1. The van der Waals surface area contributed by atoms with Crippen LogP contribution in [0.5, 0.6) is 0 Å². The number of rotatable bonds is 3. The smallest absolute Gasteiger partial charge is 0.329 e.